The van der Waals surface area contributed by atoms with Crippen molar-refractivity contribution in [3.8, 4) is 0 Å². The standard InChI is InChI=1S/C13H18O10P2/c14-9(15)1-2-10(16)23-11(12-3-17-24(18-4-12)19-5-12)13-6-20-25(21-7-13)22-8-13/h11H,1-8H2,(H,14,15). The lowest BCUT2D eigenvalue weighted by Gasteiger charge is -2.55. The number of ether oxygens (including phenoxy) is 1. The van der Waals surface area contributed by atoms with E-state index in [0.29, 0.717) is 39.6 Å². The van der Waals surface area contributed by atoms with Crippen molar-refractivity contribution >= 4 is 29.1 Å². The number of esters is 1. The second-order valence-corrected chi connectivity index (χ2v) is 9.02. The quantitative estimate of drug-likeness (QED) is 0.520. The number of hydrogen-bond donors (Lipinski definition) is 1. The maximum absolute atomic E-state index is 12.3. The Hall–Kier alpha value is -0.440. The van der Waals surface area contributed by atoms with Gasteiger partial charge in [-0.1, -0.05) is 0 Å². The third kappa shape index (κ3) is 3.42. The van der Waals surface area contributed by atoms with E-state index in [1.54, 1.807) is 0 Å². The van der Waals surface area contributed by atoms with Crippen LogP contribution < -0.4 is 0 Å². The molecule has 6 rings (SSSR count). The van der Waals surface area contributed by atoms with Gasteiger partial charge in [-0.25, -0.2) is 0 Å². The molecule has 0 atom stereocenters. The van der Waals surface area contributed by atoms with Gasteiger partial charge in [0.15, 0.2) is 0 Å². The van der Waals surface area contributed by atoms with Crippen LogP contribution in [-0.4, -0.2) is 62.8 Å². The van der Waals surface area contributed by atoms with E-state index >= 15 is 0 Å². The number of hydrogen-bond acceptors (Lipinski definition) is 9. The fourth-order valence-corrected chi connectivity index (χ4v) is 5.94. The Labute approximate surface area is 146 Å². The average molecular weight is 396 g/mol. The lowest BCUT2D eigenvalue weighted by molar-refractivity contribution is -0.229. The van der Waals surface area contributed by atoms with Gasteiger partial charge in [0.05, 0.1) is 63.3 Å². The molecule has 4 bridgehead atoms. The van der Waals surface area contributed by atoms with Gasteiger partial charge in [0.2, 0.25) is 0 Å². The molecule has 12 heteroatoms. The summed E-state index contributed by atoms with van der Waals surface area (Å²) in [6, 6.07) is 0. The average Bonchev–Trinajstić information content (AvgIpc) is 2.67. The Morgan fingerprint density at radius 2 is 1.24 bits per heavy atom. The second-order valence-electron chi connectivity index (χ2n) is 6.58. The normalized spacial score (nSPS) is 40.6. The molecule has 6 saturated heterocycles. The fraction of sp³-hybridized carbons (Fsp3) is 0.846. The summed E-state index contributed by atoms with van der Waals surface area (Å²) in [5, 5.41) is 8.78. The highest BCUT2D eigenvalue weighted by molar-refractivity contribution is 7.42. The topological polar surface area (TPSA) is 119 Å². The molecule has 10 nitrogen and oxygen atoms in total. The number of aliphatic carboxylic acids is 1. The fourth-order valence-electron chi connectivity index (χ4n) is 3.31. The Kier molecular flexibility index (Phi) is 4.98. The van der Waals surface area contributed by atoms with Crippen LogP contribution in [0.3, 0.4) is 0 Å². The molecule has 0 aliphatic carbocycles. The summed E-state index contributed by atoms with van der Waals surface area (Å²) < 4.78 is 39.1. The molecule has 0 saturated carbocycles. The van der Waals surface area contributed by atoms with Gasteiger partial charge >= 0.3 is 29.1 Å². The summed E-state index contributed by atoms with van der Waals surface area (Å²) >= 11 is 0. The molecule has 6 aliphatic rings. The highest BCUT2D eigenvalue weighted by Crippen LogP contribution is 2.61. The van der Waals surface area contributed by atoms with Crippen LogP contribution in [0.15, 0.2) is 0 Å². The Morgan fingerprint density at radius 1 is 0.840 bits per heavy atom. The molecular formula is C13H18O10P2. The monoisotopic (exact) mass is 396 g/mol. The first-order valence-corrected chi connectivity index (χ1v) is 10.00. The van der Waals surface area contributed by atoms with Crippen molar-refractivity contribution in [2.75, 3.05) is 39.6 Å². The van der Waals surface area contributed by atoms with Crippen LogP contribution in [0.5, 0.6) is 0 Å². The van der Waals surface area contributed by atoms with Crippen molar-refractivity contribution < 1.29 is 46.6 Å². The molecule has 0 spiro atoms. The number of carboxylic acids is 1. The van der Waals surface area contributed by atoms with Gasteiger partial charge in [-0.3, -0.25) is 9.59 Å². The molecule has 0 aromatic carbocycles. The minimum Gasteiger partial charge on any atom is -0.481 e. The van der Waals surface area contributed by atoms with E-state index in [4.69, 9.17) is 37.0 Å². The molecule has 0 aromatic heterocycles. The second kappa shape index (κ2) is 6.94. The van der Waals surface area contributed by atoms with Crippen molar-refractivity contribution in [2.24, 2.45) is 10.8 Å². The van der Waals surface area contributed by atoms with Gasteiger partial charge in [-0.15, -0.1) is 0 Å². The van der Waals surface area contributed by atoms with Crippen molar-refractivity contribution in [3.05, 3.63) is 0 Å². The smallest absolute Gasteiger partial charge is 0.332 e. The van der Waals surface area contributed by atoms with Crippen LogP contribution in [0.4, 0.5) is 0 Å². The van der Waals surface area contributed by atoms with Crippen LogP contribution in [0, 0.1) is 10.8 Å². The largest absolute Gasteiger partial charge is 0.481 e. The SMILES string of the molecule is O=C(O)CCC(=O)OC(C12COP(OC1)OC2)C12COP(OC1)OC2. The molecule has 140 valence electrons. The molecule has 6 heterocycles. The number of fused-ring (bicyclic) bond motifs is 6. The Balaban J connectivity index is 1.56. The molecule has 0 unspecified atom stereocenters. The zero-order valence-electron chi connectivity index (χ0n) is 13.3. The van der Waals surface area contributed by atoms with Crippen LogP contribution >= 0.6 is 17.2 Å². The van der Waals surface area contributed by atoms with E-state index in [1.807, 2.05) is 0 Å². The number of carboxylic acid groups (broad SMARTS) is 1. The highest BCUT2D eigenvalue weighted by Gasteiger charge is 2.62. The minimum atomic E-state index is -1.33. The first-order chi connectivity index (χ1) is 12.0. The van der Waals surface area contributed by atoms with Crippen molar-refractivity contribution in [1.29, 1.82) is 0 Å². The maximum atomic E-state index is 12.3. The molecule has 6 aliphatic heterocycles. The summed E-state index contributed by atoms with van der Waals surface area (Å²) in [5.74, 6) is -1.66. The van der Waals surface area contributed by atoms with Crippen molar-refractivity contribution in [3.63, 3.8) is 0 Å². The van der Waals surface area contributed by atoms with Gasteiger partial charge < -0.3 is 37.0 Å². The zero-order valence-corrected chi connectivity index (χ0v) is 15.0. The van der Waals surface area contributed by atoms with E-state index in [1.165, 1.54) is 0 Å². The number of carbonyl (C=O) groups is 2. The Bertz CT molecular complexity index is 481. The molecule has 0 amide bonds. The van der Waals surface area contributed by atoms with Gasteiger partial charge in [0.25, 0.3) is 0 Å². The van der Waals surface area contributed by atoms with Crippen molar-refractivity contribution in [1.82, 2.24) is 0 Å². The van der Waals surface area contributed by atoms with Gasteiger partial charge in [-0.05, 0) is 0 Å². The molecule has 6 fully saturated rings. The van der Waals surface area contributed by atoms with Crippen LogP contribution in [0.25, 0.3) is 0 Å². The Morgan fingerprint density at radius 3 is 1.60 bits per heavy atom. The predicted octanol–water partition coefficient (Wildman–Crippen LogP) is 1.34. The summed E-state index contributed by atoms with van der Waals surface area (Å²) in [4.78, 5) is 23.0. The summed E-state index contributed by atoms with van der Waals surface area (Å²) in [5.41, 5.74) is -1.41. The summed E-state index contributed by atoms with van der Waals surface area (Å²) in [6.07, 6.45) is -1.21. The molecule has 0 aromatic rings. The van der Waals surface area contributed by atoms with Gasteiger partial charge in [0.1, 0.15) is 6.10 Å². The van der Waals surface area contributed by atoms with Crippen LogP contribution in [-0.2, 0) is 41.5 Å². The predicted molar refractivity (Wildman–Crippen MR) is 81.2 cm³/mol. The highest BCUT2D eigenvalue weighted by atomic mass is 31.2. The lowest BCUT2D eigenvalue weighted by Crippen LogP contribution is -2.64. The zero-order chi connectivity index (χ0) is 17.5. The molecule has 0 radical (unpaired) electrons. The molecule has 25 heavy (non-hydrogen) atoms. The first kappa shape index (κ1) is 17.9. The van der Waals surface area contributed by atoms with Crippen molar-refractivity contribution in [2.45, 2.75) is 18.9 Å². The maximum Gasteiger partial charge on any atom is 0.332 e. The van der Waals surface area contributed by atoms with E-state index in [-0.39, 0.29) is 12.8 Å². The third-order valence-corrected chi connectivity index (χ3v) is 6.69. The molecule has 1 N–H and O–H groups in total. The molecular weight excluding hydrogens is 378 g/mol. The van der Waals surface area contributed by atoms with E-state index < -0.39 is 46.1 Å². The van der Waals surface area contributed by atoms with Crippen LogP contribution in [0.1, 0.15) is 12.8 Å². The third-order valence-electron chi connectivity index (χ3n) is 4.65. The number of carbonyl (C=O) groups excluding carboxylic acids is 1. The summed E-state index contributed by atoms with van der Waals surface area (Å²) in [6.45, 7) is 1.95. The first-order valence-electron chi connectivity index (χ1n) is 7.80. The van der Waals surface area contributed by atoms with Gasteiger partial charge in [0, 0.05) is 0 Å². The van der Waals surface area contributed by atoms with E-state index in [0.717, 1.165) is 0 Å². The van der Waals surface area contributed by atoms with Gasteiger partial charge in [-0.2, -0.15) is 0 Å². The van der Waals surface area contributed by atoms with Crippen LogP contribution in [0.2, 0.25) is 0 Å². The minimum absolute atomic E-state index is 0.220. The summed E-state index contributed by atoms with van der Waals surface area (Å²) in [7, 11) is -2.67. The van der Waals surface area contributed by atoms with E-state index in [2.05, 4.69) is 0 Å². The van der Waals surface area contributed by atoms with E-state index in [9.17, 15) is 9.59 Å². The number of rotatable bonds is 6. The lowest BCUT2D eigenvalue weighted by atomic mass is 9.69.